The van der Waals surface area contributed by atoms with Crippen molar-refractivity contribution in [3.63, 3.8) is 0 Å². The monoisotopic (exact) mass is 270 g/mol. The minimum atomic E-state index is -1.13. The van der Waals surface area contributed by atoms with E-state index in [0.717, 1.165) is 11.1 Å². The Balaban J connectivity index is 2.27. The summed E-state index contributed by atoms with van der Waals surface area (Å²) in [6.45, 7) is 0. The van der Waals surface area contributed by atoms with Gasteiger partial charge >= 0.3 is 11.9 Å². The fraction of sp³-hybridized carbons (Fsp3) is 0.125. The number of hydrogen-bond donors (Lipinski definition) is 2. The van der Waals surface area contributed by atoms with Gasteiger partial charge in [-0.3, -0.25) is 9.59 Å². The quantitative estimate of drug-likeness (QED) is 0.875. The molecule has 2 aromatic rings. The van der Waals surface area contributed by atoms with E-state index < -0.39 is 24.3 Å². The molecule has 1 atom stereocenters. The van der Waals surface area contributed by atoms with Crippen LogP contribution in [0.15, 0.2) is 54.6 Å². The molecule has 0 amide bonds. The van der Waals surface area contributed by atoms with Gasteiger partial charge in [-0.25, -0.2) is 0 Å². The number of carbonyl (C=O) groups is 2. The maximum Gasteiger partial charge on any atom is 0.311 e. The number of benzene rings is 2. The van der Waals surface area contributed by atoms with E-state index in [4.69, 9.17) is 10.2 Å². The maximum absolute atomic E-state index is 11.1. The summed E-state index contributed by atoms with van der Waals surface area (Å²) in [6.07, 6.45) is -0.417. The topological polar surface area (TPSA) is 74.6 Å². The second-order valence-corrected chi connectivity index (χ2v) is 4.48. The van der Waals surface area contributed by atoms with E-state index in [-0.39, 0.29) is 0 Å². The van der Waals surface area contributed by atoms with Crippen LogP contribution in [-0.4, -0.2) is 22.2 Å². The van der Waals surface area contributed by atoms with Crippen LogP contribution in [0.5, 0.6) is 0 Å². The van der Waals surface area contributed by atoms with Gasteiger partial charge in [0.25, 0.3) is 0 Å². The van der Waals surface area contributed by atoms with E-state index in [1.165, 1.54) is 0 Å². The van der Waals surface area contributed by atoms with Gasteiger partial charge in [0, 0.05) is 0 Å². The minimum Gasteiger partial charge on any atom is -0.481 e. The van der Waals surface area contributed by atoms with Crippen LogP contribution in [0.3, 0.4) is 0 Å². The minimum absolute atomic E-state index is 0.417. The molecule has 2 aromatic carbocycles. The number of carboxylic acid groups (broad SMARTS) is 2. The molecule has 0 saturated heterocycles. The number of rotatable bonds is 5. The van der Waals surface area contributed by atoms with Crippen molar-refractivity contribution in [3.8, 4) is 11.1 Å². The molecule has 2 N–H and O–H groups in total. The Kier molecular flexibility index (Phi) is 4.15. The Hall–Kier alpha value is -2.62. The lowest BCUT2D eigenvalue weighted by molar-refractivity contribution is -0.145. The lowest BCUT2D eigenvalue weighted by Gasteiger charge is -2.11. The normalized spacial score (nSPS) is 11.8. The Morgan fingerprint density at radius 1 is 0.850 bits per heavy atom. The second-order valence-electron chi connectivity index (χ2n) is 4.48. The number of aliphatic carboxylic acids is 2. The predicted molar refractivity (Wildman–Crippen MR) is 74.5 cm³/mol. The highest BCUT2D eigenvalue weighted by atomic mass is 16.4. The van der Waals surface area contributed by atoms with Crippen molar-refractivity contribution in [3.05, 3.63) is 60.2 Å². The Labute approximate surface area is 116 Å². The highest BCUT2D eigenvalue weighted by molar-refractivity contribution is 5.82. The maximum atomic E-state index is 11.1. The van der Waals surface area contributed by atoms with Gasteiger partial charge in [0.15, 0.2) is 0 Å². The van der Waals surface area contributed by atoms with Gasteiger partial charge < -0.3 is 10.2 Å². The first kappa shape index (κ1) is 13.8. The van der Waals surface area contributed by atoms with Crippen LogP contribution >= 0.6 is 0 Å². The first-order valence-electron chi connectivity index (χ1n) is 6.18. The predicted octanol–water partition coefficient (Wildman–Crippen LogP) is 3.00. The molecule has 4 heteroatoms. The lowest BCUT2D eigenvalue weighted by atomic mass is 9.94. The molecule has 0 spiro atoms. The van der Waals surface area contributed by atoms with Crippen LogP contribution in [0.1, 0.15) is 17.9 Å². The molecule has 102 valence electrons. The van der Waals surface area contributed by atoms with Gasteiger partial charge in [0.2, 0.25) is 0 Å². The largest absolute Gasteiger partial charge is 0.481 e. The zero-order valence-corrected chi connectivity index (χ0v) is 10.7. The molecule has 0 saturated carbocycles. The van der Waals surface area contributed by atoms with Crippen LogP contribution in [0.4, 0.5) is 0 Å². The summed E-state index contributed by atoms with van der Waals surface area (Å²) in [4.78, 5) is 21.8. The van der Waals surface area contributed by atoms with Crippen LogP contribution in [0, 0.1) is 0 Å². The Morgan fingerprint density at radius 3 is 1.90 bits per heavy atom. The highest BCUT2D eigenvalue weighted by Gasteiger charge is 2.22. The second kappa shape index (κ2) is 6.02. The van der Waals surface area contributed by atoms with Gasteiger partial charge in [0.1, 0.15) is 0 Å². The molecule has 0 aliphatic carbocycles. The molecule has 0 heterocycles. The number of hydrogen-bond acceptors (Lipinski definition) is 2. The molecule has 0 unspecified atom stereocenters. The van der Waals surface area contributed by atoms with Gasteiger partial charge in [-0.05, 0) is 16.7 Å². The van der Waals surface area contributed by atoms with E-state index in [9.17, 15) is 9.59 Å². The Bertz CT molecular complexity index is 602. The molecule has 0 bridgehead atoms. The molecule has 2 rings (SSSR count). The first-order chi connectivity index (χ1) is 9.58. The van der Waals surface area contributed by atoms with Crippen molar-refractivity contribution >= 4 is 11.9 Å². The molecule has 20 heavy (non-hydrogen) atoms. The Morgan fingerprint density at radius 2 is 1.40 bits per heavy atom. The van der Waals surface area contributed by atoms with Crippen molar-refractivity contribution in [1.29, 1.82) is 0 Å². The fourth-order valence-corrected chi connectivity index (χ4v) is 2.06. The standard InChI is InChI=1S/C16H14O4/c17-15(18)10-14(16(19)20)13-8-6-12(7-9-13)11-4-2-1-3-5-11/h1-9,14H,10H2,(H,17,18)(H,19,20)/t14-/m0/s1. The van der Waals surface area contributed by atoms with Crippen molar-refractivity contribution in [1.82, 2.24) is 0 Å². The van der Waals surface area contributed by atoms with E-state index >= 15 is 0 Å². The van der Waals surface area contributed by atoms with Crippen LogP contribution < -0.4 is 0 Å². The van der Waals surface area contributed by atoms with E-state index in [0.29, 0.717) is 5.56 Å². The number of carboxylic acids is 2. The first-order valence-corrected chi connectivity index (χ1v) is 6.18. The molecule has 0 fully saturated rings. The molecular weight excluding hydrogens is 256 g/mol. The third-order valence-corrected chi connectivity index (χ3v) is 3.10. The summed E-state index contributed by atoms with van der Waals surface area (Å²) < 4.78 is 0. The molecule has 0 aliphatic heterocycles. The van der Waals surface area contributed by atoms with Crippen LogP contribution in [0.25, 0.3) is 11.1 Å². The van der Waals surface area contributed by atoms with Crippen molar-refractivity contribution in [2.75, 3.05) is 0 Å². The van der Waals surface area contributed by atoms with Crippen molar-refractivity contribution < 1.29 is 19.8 Å². The van der Waals surface area contributed by atoms with E-state index in [1.807, 2.05) is 42.5 Å². The van der Waals surface area contributed by atoms with Crippen molar-refractivity contribution in [2.45, 2.75) is 12.3 Å². The van der Waals surface area contributed by atoms with Crippen LogP contribution in [0.2, 0.25) is 0 Å². The molecule has 0 radical (unpaired) electrons. The zero-order chi connectivity index (χ0) is 14.5. The average Bonchev–Trinajstić information content (AvgIpc) is 2.45. The molecular formula is C16H14O4. The smallest absolute Gasteiger partial charge is 0.311 e. The SMILES string of the molecule is O=C(O)C[C@H](C(=O)O)c1ccc(-c2ccccc2)cc1. The van der Waals surface area contributed by atoms with E-state index in [2.05, 4.69) is 0 Å². The van der Waals surface area contributed by atoms with Gasteiger partial charge in [-0.1, -0.05) is 54.6 Å². The summed E-state index contributed by atoms with van der Waals surface area (Å²) in [7, 11) is 0. The third kappa shape index (κ3) is 3.23. The van der Waals surface area contributed by atoms with Crippen molar-refractivity contribution in [2.24, 2.45) is 0 Å². The summed E-state index contributed by atoms with van der Waals surface area (Å²) in [5.74, 6) is -3.26. The zero-order valence-electron chi connectivity index (χ0n) is 10.7. The van der Waals surface area contributed by atoms with Crippen LogP contribution in [-0.2, 0) is 9.59 Å². The lowest BCUT2D eigenvalue weighted by Crippen LogP contribution is -2.15. The highest BCUT2D eigenvalue weighted by Crippen LogP contribution is 2.24. The summed E-state index contributed by atoms with van der Waals surface area (Å²) in [5, 5.41) is 17.9. The average molecular weight is 270 g/mol. The van der Waals surface area contributed by atoms with Gasteiger partial charge in [-0.2, -0.15) is 0 Å². The summed E-state index contributed by atoms with van der Waals surface area (Å²) >= 11 is 0. The third-order valence-electron chi connectivity index (χ3n) is 3.10. The molecule has 4 nitrogen and oxygen atoms in total. The van der Waals surface area contributed by atoms with E-state index in [1.54, 1.807) is 12.1 Å². The van der Waals surface area contributed by atoms with Gasteiger partial charge in [0.05, 0.1) is 12.3 Å². The summed E-state index contributed by atoms with van der Waals surface area (Å²) in [5.41, 5.74) is 2.50. The molecule has 0 aliphatic rings. The summed E-state index contributed by atoms with van der Waals surface area (Å²) in [6, 6.07) is 16.6. The molecule has 0 aromatic heterocycles. The van der Waals surface area contributed by atoms with Gasteiger partial charge in [-0.15, -0.1) is 0 Å². The fourth-order valence-electron chi connectivity index (χ4n) is 2.06.